The fourth-order valence-electron chi connectivity index (χ4n) is 2.30. The van der Waals surface area contributed by atoms with Gasteiger partial charge in [-0.15, -0.1) is 0 Å². The predicted molar refractivity (Wildman–Crippen MR) is 97.4 cm³/mol. The summed E-state index contributed by atoms with van der Waals surface area (Å²) in [5, 5.41) is 2.90. The van der Waals surface area contributed by atoms with E-state index in [9.17, 15) is 4.79 Å². The Morgan fingerprint density at radius 1 is 1.00 bits per heavy atom. The molecular formula is C20H25NO4. The number of methoxy groups -OCH3 is 1. The Balaban J connectivity index is 1.84. The van der Waals surface area contributed by atoms with E-state index in [2.05, 4.69) is 5.32 Å². The number of carbonyl (C=O) groups excluding carboxylic acids is 1. The number of ether oxygens (including phenoxy) is 3. The zero-order chi connectivity index (χ0) is 18.2. The van der Waals surface area contributed by atoms with E-state index in [1.54, 1.807) is 26.2 Å². The third kappa shape index (κ3) is 5.41. The van der Waals surface area contributed by atoms with Crippen molar-refractivity contribution in [2.45, 2.75) is 32.9 Å². The van der Waals surface area contributed by atoms with Gasteiger partial charge in [0.1, 0.15) is 12.4 Å². The molecule has 5 nitrogen and oxygen atoms in total. The van der Waals surface area contributed by atoms with Gasteiger partial charge in [0.15, 0.2) is 17.6 Å². The van der Waals surface area contributed by atoms with Crippen LogP contribution in [0.15, 0.2) is 48.5 Å². The highest BCUT2D eigenvalue weighted by Gasteiger charge is 2.18. The van der Waals surface area contributed by atoms with E-state index in [0.717, 1.165) is 11.3 Å². The van der Waals surface area contributed by atoms with Gasteiger partial charge in [0.2, 0.25) is 0 Å². The van der Waals surface area contributed by atoms with Crippen molar-refractivity contribution in [3.8, 4) is 17.2 Å². The van der Waals surface area contributed by atoms with Gasteiger partial charge in [0.05, 0.1) is 13.2 Å². The van der Waals surface area contributed by atoms with Gasteiger partial charge in [-0.05, 0) is 44.5 Å². The Kier molecular flexibility index (Phi) is 6.69. The van der Waals surface area contributed by atoms with Crippen molar-refractivity contribution in [2.24, 2.45) is 0 Å². The van der Waals surface area contributed by atoms with Gasteiger partial charge < -0.3 is 19.5 Å². The number of benzene rings is 2. The number of hydrogen-bond acceptors (Lipinski definition) is 4. The topological polar surface area (TPSA) is 56.8 Å². The second kappa shape index (κ2) is 8.97. The van der Waals surface area contributed by atoms with Crippen molar-refractivity contribution in [2.75, 3.05) is 13.7 Å². The minimum absolute atomic E-state index is 0.143. The Bertz CT molecular complexity index is 702. The normalized spacial score (nSPS) is 12.8. The van der Waals surface area contributed by atoms with Gasteiger partial charge >= 0.3 is 0 Å². The van der Waals surface area contributed by atoms with E-state index in [-0.39, 0.29) is 11.9 Å². The number of para-hydroxylation sites is 3. The van der Waals surface area contributed by atoms with Crippen LogP contribution in [0.5, 0.6) is 17.2 Å². The second-order valence-corrected chi connectivity index (χ2v) is 5.90. The van der Waals surface area contributed by atoms with Crippen LogP contribution >= 0.6 is 0 Å². The zero-order valence-corrected chi connectivity index (χ0v) is 15.1. The van der Waals surface area contributed by atoms with E-state index in [1.165, 1.54) is 0 Å². The second-order valence-electron chi connectivity index (χ2n) is 5.90. The molecule has 0 radical (unpaired) electrons. The Hall–Kier alpha value is -2.69. The van der Waals surface area contributed by atoms with E-state index < -0.39 is 6.10 Å². The fourth-order valence-corrected chi connectivity index (χ4v) is 2.30. The average Bonchev–Trinajstić information content (AvgIpc) is 2.61. The first-order chi connectivity index (χ1) is 12.0. The third-order valence-corrected chi connectivity index (χ3v) is 3.71. The molecule has 0 aromatic heterocycles. The minimum atomic E-state index is -0.641. The van der Waals surface area contributed by atoms with Crippen molar-refractivity contribution in [3.05, 3.63) is 54.1 Å². The Morgan fingerprint density at radius 3 is 2.24 bits per heavy atom. The molecule has 2 rings (SSSR count). The van der Waals surface area contributed by atoms with Gasteiger partial charge in [-0.2, -0.15) is 0 Å². The van der Waals surface area contributed by atoms with Crippen LogP contribution in [0, 0.1) is 6.92 Å². The molecule has 2 aromatic rings. The maximum Gasteiger partial charge on any atom is 0.261 e. The highest BCUT2D eigenvalue weighted by Crippen LogP contribution is 2.26. The highest BCUT2D eigenvalue weighted by molar-refractivity contribution is 5.81. The van der Waals surface area contributed by atoms with Crippen LogP contribution in [0.25, 0.3) is 0 Å². The predicted octanol–water partition coefficient (Wildman–Crippen LogP) is 3.35. The lowest BCUT2D eigenvalue weighted by molar-refractivity contribution is -0.128. The first-order valence-corrected chi connectivity index (χ1v) is 8.29. The number of aryl methyl sites for hydroxylation is 1. The van der Waals surface area contributed by atoms with Crippen molar-refractivity contribution < 1.29 is 19.0 Å². The number of rotatable bonds is 8. The zero-order valence-electron chi connectivity index (χ0n) is 15.1. The summed E-state index contributed by atoms with van der Waals surface area (Å²) >= 11 is 0. The quantitative estimate of drug-likeness (QED) is 0.798. The SMILES string of the molecule is COc1ccccc1OC(C)C(=O)NC(C)COc1ccccc1C. The van der Waals surface area contributed by atoms with Crippen molar-refractivity contribution >= 4 is 5.91 Å². The van der Waals surface area contributed by atoms with Crippen LogP contribution in [0.2, 0.25) is 0 Å². The van der Waals surface area contributed by atoms with Gasteiger partial charge in [0.25, 0.3) is 5.91 Å². The molecule has 0 fully saturated rings. The molecule has 0 spiro atoms. The maximum absolute atomic E-state index is 12.3. The number of carbonyl (C=O) groups is 1. The number of amides is 1. The Labute approximate surface area is 148 Å². The van der Waals surface area contributed by atoms with Gasteiger partial charge in [-0.3, -0.25) is 4.79 Å². The maximum atomic E-state index is 12.3. The molecule has 25 heavy (non-hydrogen) atoms. The summed E-state index contributed by atoms with van der Waals surface area (Å²) in [5.41, 5.74) is 1.06. The summed E-state index contributed by atoms with van der Waals surface area (Å²) in [6, 6.07) is 14.9. The molecule has 1 amide bonds. The molecule has 0 saturated carbocycles. The van der Waals surface area contributed by atoms with Crippen LogP contribution < -0.4 is 19.5 Å². The molecule has 1 N–H and O–H groups in total. The summed E-state index contributed by atoms with van der Waals surface area (Å²) in [6.45, 7) is 5.97. The lowest BCUT2D eigenvalue weighted by atomic mass is 10.2. The van der Waals surface area contributed by atoms with E-state index >= 15 is 0 Å². The largest absolute Gasteiger partial charge is 0.493 e. The molecule has 2 unspecified atom stereocenters. The molecule has 0 heterocycles. The summed E-state index contributed by atoms with van der Waals surface area (Å²) in [6.07, 6.45) is -0.641. The molecule has 2 atom stereocenters. The molecule has 2 aromatic carbocycles. The molecule has 0 saturated heterocycles. The average molecular weight is 343 g/mol. The summed E-state index contributed by atoms with van der Waals surface area (Å²) in [7, 11) is 1.57. The van der Waals surface area contributed by atoms with Gasteiger partial charge in [-0.1, -0.05) is 30.3 Å². The van der Waals surface area contributed by atoms with Crippen molar-refractivity contribution in [3.63, 3.8) is 0 Å². The summed E-state index contributed by atoms with van der Waals surface area (Å²) in [4.78, 5) is 12.3. The monoisotopic (exact) mass is 343 g/mol. The first kappa shape index (κ1) is 18.6. The van der Waals surface area contributed by atoms with Crippen molar-refractivity contribution in [1.82, 2.24) is 5.32 Å². The van der Waals surface area contributed by atoms with Gasteiger partial charge in [0, 0.05) is 0 Å². The van der Waals surface area contributed by atoms with Crippen LogP contribution in [0.1, 0.15) is 19.4 Å². The fraction of sp³-hybridized carbons (Fsp3) is 0.350. The summed E-state index contributed by atoms with van der Waals surface area (Å²) in [5.74, 6) is 1.75. The van der Waals surface area contributed by atoms with Crippen LogP contribution in [-0.4, -0.2) is 31.8 Å². The molecular weight excluding hydrogens is 318 g/mol. The molecule has 5 heteroatoms. The summed E-state index contributed by atoms with van der Waals surface area (Å²) < 4.78 is 16.7. The van der Waals surface area contributed by atoms with E-state index in [0.29, 0.717) is 18.1 Å². The van der Waals surface area contributed by atoms with E-state index in [1.807, 2.05) is 50.2 Å². The van der Waals surface area contributed by atoms with Crippen LogP contribution in [-0.2, 0) is 4.79 Å². The Morgan fingerprint density at radius 2 is 1.60 bits per heavy atom. The first-order valence-electron chi connectivity index (χ1n) is 8.29. The number of hydrogen-bond donors (Lipinski definition) is 1. The molecule has 0 aliphatic heterocycles. The van der Waals surface area contributed by atoms with Gasteiger partial charge in [-0.25, -0.2) is 0 Å². The molecule has 0 bridgehead atoms. The smallest absolute Gasteiger partial charge is 0.261 e. The standard InChI is InChI=1S/C20H25NO4/c1-14-9-5-6-10-17(14)24-13-15(2)21-20(22)16(3)25-19-12-8-7-11-18(19)23-4/h5-12,15-16H,13H2,1-4H3,(H,21,22). The highest BCUT2D eigenvalue weighted by atomic mass is 16.5. The van der Waals surface area contributed by atoms with Crippen LogP contribution in [0.4, 0.5) is 0 Å². The minimum Gasteiger partial charge on any atom is -0.493 e. The van der Waals surface area contributed by atoms with Crippen LogP contribution in [0.3, 0.4) is 0 Å². The third-order valence-electron chi connectivity index (χ3n) is 3.71. The van der Waals surface area contributed by atoms with E-state index in [4.69, 9.17) is 14.2 Å². The number of nitrogens with one attached hydrogen (secondary N) is 1. The lowest BCUT2D eigenvalue weighted by Crippen LogP contribution is -2.43. The molecule has 0 aliphatic rings. The molecule has 0 aliphatic carbocycles. The lowest BCUT2D eigenvalue weighted by Gasteiger charge is -2.20. The molecule has 134 valence electrons. The van der Waals surface area contributed by atoms with Crippen molar-refractivity contribution in [1.29, 1.82) is 0 Å².